The predicted octanol–water partition coefficient (Wildman–Crippen LogP) is 18.7. The second-order valence-electron chi connectivity index (χ2n) is 20.2. The molecule has 0 aliphatic carbocycles. The van der Waals surface area contributed by atoms with Crippen LogP contribution in [0.25, 0.3) is 153 Å². The Kier molecular flexibility index (Phi) is 7.97. The van der Waals surface area contributed by atoms with Crippen LogP contribution in [0.2, 0.25) is 0 Å². The van der Waals surface area contributed by atoms with Gasteiger partial charge in [-0.3, -0.25) is 0 Å². The van der Waals surface area contributed by atoms with E-state index >= 15 is 0 Å². The first-order valence-electron chi connectivity index (χ1n) is 25.6. The van der Waals surface area contributed by atoms with Gasteiger partial charge in [0.25, 0.3) is 0 Å². The first kappa shape index (κ1) is 39.8. The molecule has 0 fully saturated rings. The van der Waals surface area contributed by atoms with E-state index in [9.17, 15) is 0 Å². The van der Waals surface area contributed by atoms with Crippen molar-refractivity contribution in [3.8, 4) is 22.7 Å². The van der Waals surface area contributed by atoms with E-state index in [1.165, 1.54) is 130 Å². The molecule has 17 rings (SSSR count). The summed E-state index contributed by atoms with van der Waals surface area (Å²) in [7, 11) is 0. The fourth-order valence-corrected chi connectivity index (χ4v) is 12.8. The SMILES string of the molecule is c1ccc2cc3c(cc2c1)c1cc2ccccc2cc1n3-c1ccc(-n2c3ccccc3c3cc4c(cc32)c2ccccc2n4-c2ccc(-n3c4cc5ccccc5cc4c4cc5ccccc5cc43)cc2)cc1. The van der Waals surface area contributed by atoms with Crippen LogP contribution in [-0.2, 0) is 0 Å². The van der Waals surface area contributed by atoms with Crippen LogP contribution in [0.4, 0.5) is 0 Å². The highest BCUT2D eigenvalue weighted by atomic mass is 15.0. The molecule has 0 unspecified atom stereocenters. The molecule has 13 aromatic carbocycles. The zero-order valence-corrected chi connectivity index (χ0v) is 40.0. The summed E-state index contributed by atoms with van der Waals surface area (Å²) in [5, 5.41) is 19.9. The third kappa shape index (κ3) is 5.57. The Balaban J connectivity index is 0.831. The quantitative estimate of drug-likeness (QED) is 0.168. The van der Waals surface area contributed by atoms with Gasteiger partial charge in [-0.15, -0.1) is 0 Å². The Morgan fingerprint density at radius 3 is 0.635 bits per heavy atom. The number of nitrogens with zero attached hydrogens (tertiary/aromatic N) is 4. The van der Waals surface area contributed by atoms with Crippen LogP contribution in [0.1, 0.15) is 0 Å². The molecule has 0 saturated carbocycles. The lowest BCUT2D eigenvalue weighted by atomic mass is 10.0. The topological polar surface area (TPSA) is 19.7 Å². The highest BCUT2D eigenvalue weighted by molar-refractivity contribution is 6.21. The lowest BCUT2D eigenvalue weighted by Gasteiger charge is -2.13. The van der Waals surface area contributed by atoms with Crippen molar-refractivity contribution in [1.82, 2.24) is 18.3 Å². The van der Waals surface area contributed by atoms with E-state index in [1.54, 1.807) is 0 Å². The first-order chi connectivity index (χ1) is 36.7. The van der Waals surface area contributed by atoms with Crippen LogP contribution in [-0.4, -0.2) is 18.3 Å². The minimum Gasteiger partial charge on any atom is -0.309 e. The molecule has 4 heteroatoms. The van der Waals surface area contributed by atoms with Crippen molar-refractivity contribution < 1.29 is 0 Å². The molecule has 0 saturated heterocycles. The van der Waals surface area contributed by atoms with Crippen molar-refractivity contribution in [3.05, 3.63) is 255 Å². The van der Waals surface area contributed by atoms with E-state index in [4.69, 9.17) is 0 Å². The van der Waals surface area contributed by atoms with Crippen LogP contribution in [0.15, 0.2) is 255 Å². The molecule has 4 aromatic heterocycles. The number of aromatic nitrogens is 4. The molecule has 17 aromatic rings. The summed E-state index contributed by atoms with van der Waals surface area (Å²) < 4.78 is 9.83. The Bertz CT molecular complexity index is 4720. The van der Waals surface area contributed by atoms with Gasteiger partial charge in [0, 0.05) is 65.8 Å². The van der Waals surface area contributed by atoms with Crippen molar-refractivity contribution in [1.29, 1.82) is 0 Å². The second-order valence-corrected chi connectivity index (χ2v) is 20.2. The van der Waals surface area contributed by atoms with Crippen molar-refractivity contribution in [3.63, 3.8) is 0 Å². The summed E-state index contributed by atoms with van der Waals surface area (Å²) in [6, 6.07) is 94.8. The maximum absolute atomic E-state index is 2.46. The minimum absolute atomic E-state index is 1.13. The van der Waals surface area contributed by atoms with Crippen molar-refractivity contribution in [2.45, 2.75) is 0 Å². The highest BCUT2D eigenvalue weighted by Crippen LogP contribution is 2.43. The summed E-state index contributed by atoms with van der Waals surface area (Å²) in [4.78, 5) is 0. The molecular formula is C70H42N4. The monoisotopic (exact) mass is 938 g/mol. The highest BCUT2D eigenvalue weighted by Gasteiger charge is 2.21. The molecule has 0 aliphatic heterocycles. The second kappa shape index (κ2) is 14.8. The average Bonchev–Trinajstić information content (AvgIpc) is 4.17. The van der Waals surface area contributed by atoms with Gasteiger partial charge in [-0.25, -0.2) is 0 Å². The first-order valence-corrected chi connectivity index (χ1v) is 25.6. The summed E-state index contributed by atoms with van der Waals surface area (Å²) in [6.45, 7) is 0. The van der Waals surface area contributed by atoms with Crippen molar-refractivity contribution >= 4 is 130 Å². The van der Waals surface area contributed by atoms with Crippen LogP contribution in [0.3, 0.4) is 0 Å². The van der Waals surface area contributed by atoms with Gasteiger partial charge in [-0.2, -0.15) is 0 Å². The molecule has 0 amide bonds. The summed E-state index contributed by atoms with van der Waals surface area (Å²) in [5.74, 6) is 0. The predicted molar refractivity (Wildman–Crippen MR) is 314 cm³/mol. The van der Waals surface area contributed by atoms with Crippen LogP contribution >= 0.6 is 0 Å². The van der Waals surface area contributed by atoms with Gasteiger partial charge in [0.15, 0.2) is 0 Å². The van der Waals surface area contributed by atoms with E-state index < -0.39 is 0 Å². The van der Waals surface area contributed by atoms with E-state index in [1.807, 2.05) is 0 Å². The van der Waals surface area contributed by atoms with Crippen molar-refractivity contribution in [2.75, 3.05) is 0 Å². The molecule has 0 spiro atoms. The maximum atomic E-state index is 2.46. The molecule has 0 aliphatic rings. The molecule has 0 atom stereocenters. The van der Waals surface area contributed by atoms with Gasteiger partial charge in [0.1, 0.15) is 0 Å². The normalized spacial score (nSPS) is 12.3. The Hall–Kier alpha value is -9.90. The largest absolute Gasteiger partial charge is 0.309 e. The van der Waals surface area contributed by atoms with Gasteiger partial charge in [-0.1, -0.05) is 133 Å². The summed E-state index contributed by atoms with van der Waals surface area (Å²) in [6.07, 6.45) is 0. The van der Waals surface area contributed by atoms with Crippen LogP contribution in [0.5, 0.6) is 0 Å². The van der Waals surface area contributed by atoms with Gasteiger partial charge >= 0.3 is 0 Å². The summed E-state index contributed by atoms with van der Waals surface area (Å²) in [5.41, 5.74) is 14.1. The van der Waals surface area contributed by atoms with E-state index in [0.717, 1.165) is 22.7 Å². The lowest BCUT2D eigenvalue weighted by molar-refractivity contribution is 1.14. The van der Waals surface area contributed by atoms with E-state index in [2.05, 4.69) is 273 Å². The molecule has 74 heavy (non-hydrogen) atoms. The number of fused-ring (bicyclic) bond motifs is 16. The maximum Gasteiger partial charge on any atom is 0.0548 e. The van der Waals surface area contributed by atoms with Gasteiger partial charge in [-0.05, 0) is 164 Å². The third-order valence-electron chi connectivity index (χ3n) is 16.2. The smallest absolute Gasteiger partial charge is 0.0548 e. The fraction of sp³-hybridized carbons (Fsp3) is 0. The Labute approximate surface area is 424 Å². The Morgan fingerprint density at radius 2 is 0.351 bits per heavy atom. The van der Waals surface area contributed by atoms with Gasteiger partial charge in [0.2, 0.25) is 0 Å². The standard InChI is InChI=1S/C70H42N4/c1-5-17-47-37-65-57(33-43(47)13-1)58-34-44-14-2-6-18-48(44)38-66(58)73(65)53-29-25-51(26-30-53)71-63-23-11-9-21-55(63)61-42-70-62(41-69(61)71)56-22-10-12-24-64(56)72(70)52-27-31-54(32-28-52)74-67-39-49-19-7-3-15-45(49)35-59(67)60-36-46-16-4-8-20-50(46)40-68(60)74/h1-42H. The van der Waals surface area contributed by atoms with Crippen molar-refractivity contribution in [2.24, 2.45) is 0 Å². The molecular weight excluding hydrogens is 897 g/mol. The average molecular weight is 939 g/mol. The molecule has 4 heterocycles. The minimum atomic E-state index is 1.13. The number of para-hydroxylation sites is 2. The summed E-state index contributed by atoms with van der Waals surface area (Å²) >= 11 is 0. The zero-order valence-electron chi connectivity index (χ0n) is 40.0. The van der Waals surface area contributed by atoms with Crippen LogP contribution < -0.4 is 0 Å². The Morgan fingerprint density at radius 1 is 0.149 bits per heavy atom. The fourth-order valence-electron chi connectivity index (χ4n) is 12.8. The molecule has 342 valence electrons. The molecule has 4 nitrogen and oxygen atoms in total. The molecule has 0 N–H and O–H groups in total. The number of benzene rings is 13. The van der Waals surface area contributed by atoms with Crippen LogP contribution in [0, 0.1) is 0 Å². The van der Waals surface area contributed by atoms with Gasteiger partial charge < -0.3 is 18.3 Å². The zero-order chi connectivity index (χ0) is 48.2. The van der Waals surface area contributed by atoms with Gasteiger partial charge in [0.05, 0.1) is 44.1 Å². The number of hydrogen-bond acceptors (Lipinski definition) is 0. The molecule has 0 radical (unpaired) electrons. The lowest BCUT2D eigenvalue weighted by Crippen LogP contribution is -1.98. The van der Waals surface area contributed by atoms with E-state index in [0.29, 0.717) is 0 Å². The number of hydrogen-bond donors (Lipinski definition) is 0. The van der Waals surface area contributed by atoms with E-state index in [-0.39, 0.29) is 0 Å². The third-order valence-corrected chi connectivity index (χ3v) is 16.2. The molecule has 0 bridgehead atoms. The number of rotatable bonds is 4.